The highest BCUT2D eigenvalue weighted by atomic mass is 16.7. The Kier molecular flexibility index (Phi) is 8.62. The molecule has 27 heavy (non-hydrogen) atoms. The van der Waals surface area contributed by atoms with Gasteiger partial charge in [-0.05, 0) is 63.1 Å². The zero-order valence-electron chi connectivity index (χ0n) is 18.2. The van der Waals surface area contributed by atoms with E-state index < -0.39 is 0 Å². The molecule has 3 heteroatoms. The van der Waals surface area contributed by atoms with Crippen LogP contribution in [0.3, 0.4) is 0 Å². The predicted molar refractivity (Wildman–Crippen MR) is 114 cm³/mol. The van der Waals surface area contributed by atoms with Gasteiger partial charge in [0, 0.05) is 11.5 Å². The molecule has 0 bridgehead atoms. The minimum absolute atomic E-state index is 0.211. The van der Waals surface area contributed by atoms with Crippen LogP contribution in [0.2, 0.25) is 0 Å². The summed E-state index contributed by atoms with van der Waals surface area (Å²) in [7, 11) is 0. The zero-order valence-corrected chi connectivity index (χ0v) is 18.2. The monoisotopic (exact) mass is 375 g/mol. The van der Waals surface area contributed by atoms with Crippen LogP contribution >= 0.6 is 0 Å². The Labute approximate surface area is 167 Å². The zero-order chi connectivity index (χ0) is 19.9. The van der Waals surface area contributed by atoms with E-state index in [2.05, 4.69) is 52.0 Å². The highest BCUT2D eigenvalue weighted by Gasteiger charge is 2.27. The molecule has 2 N–H and O–H groups in total. The fraction of sp³-hybridized carbons (Fsp3) is 0.750. The molecule has 1 aromatic carbocycles. The lowest BCUT2D eigenvalue weighted by Gasteiger charge is -2.32. The molecule has 0 amide bonds. The average Bonchev–Trinajstić information content (AvgIpc) is 2.60. The van der Waals surface area contributed by atoms with Gasteiger partial charge in [0.05, 0.1) is 6.61 Å². The molecule has 0 aromatic heterocycles. The Morgan fingerprint density at radius 2 is 1.67 bits per heavy atom. The Morgan fingerprint density at radius 3 is 2.22 bits per heavy atom. The van der Waals surface area contributed by atoms with Crippen molar-refractivity contribution in [1.82, 2.24) is 0 Å². The van der Waals surface area contributed by atoms with E-state index in [1.54, 1.807) is 0 Å². The Balaban J connectivity index is 1.82. The number of benzene rings is 1. The molecule has 0 saturated heterocycles. The normalized spacial score (nSPS) is 18.5. The van der Waals surface area contributed by atoms with Gasteiger partial charge in [-0.1, -0.05) is 58.1 Å². The summed E-state index contributed by atoms with van der Waals surface area (Å²) in [6.45, 7) is 11.5. The van der Waals surface area contributed by atoms with Crippen molar-refractivity contribution in [3.63, 3.8) is 0 Å². The molecule has 3 nitrogen and oxygen atoms in total. The average molecular weight is 376 g/mol. The molecule has 154 valence electrons. The van der Waals surface area contributed by atoms with Crippen LogP contribution in [0.15, 0.2) is 24.3 Å². The number of rotatable bonds is 10. The molecular weight excluding hydrogens is 334 g/mol. The molecule has 1 fully saturated rings. The van der Waals surface area contributed by atoms with Gasteiger partial charge < -0.3 is 15.2 Å². The van der Waals surface area contributed by atoms with Gasteiger partial charge in [-0.25, -0.2) is 0 Å². The minimum Gasteiger partial charge on any atom is -0.465 e. The van der Waals surface area contributed by atoms with Crippen LogP contribution in [-0.2, 0) is 4.74 Å². The molecule has 1 saturated carbocycles. The molecule has 2 rings (SSSR count). The molecule has 0 heterocycles. The van der Waals surface area contributed by atoms with E-state index in [-0.39, 0.29) is 11.8 Å². The number of hydrogen-bond acceptors (Lipinski definition) is 3. The summed E-state index contributed by atoms with van der Waals surface area (Å²) in [6, 6.07) is 8.42. The lowest BCUT2D eigenvalue weighted by atomic mass is 9.77. The van der Waals surface area contributed by atoms with Gasteiger partial charge in [0.2, 0.25) is 0 Å². The molecule has 0 spiro atoms. The maximum Gasteiger partial charge on any atom is 0.196 e. The predicted octanol–water partition coefficient (Wildman–Crippen LogP) is 6.27. The van der Waals surface area contributed by atoms with E-state index >= 15 is 0 Å². The van der Waals surface area contributed by atoms with E-state index in [0.29, 0.717) is 11.8 Å². The van der Waals surface area contributed by atoms with Crippen LogP contribution < -0.4 is 10.5 Å². The summed E-state index contributed by atoms with van der Waals surface area (Å²) in [5, 5.41) is 0. The molecule has 2 atom stereocenters. The Bertz CT molecular complexity index is 526. The third kappa shape index (κ3) is 7.83. The maximum absolute atomic E-state index is 6.44. The Morgan fingerprint density at radius 1 is 1.04 bits per heavy atom. The largest absolute Gasteiger partial charge is 0.465 e. The quantitative estimate of drug-likeness (QED) is 0.490. The van der Waals surface area contributed by atoms with Gasteiger partial charge in [-0.3, -0.25) is 0 Å². The standard InChI is InChI=1S/C24H41NO2/c1-18(2)17-23(24(4,5)25)21-11-13-22(14-12-21)27-19(3)26-16-15-20-9-7-6-8-10-20/h11-14,18-20,23H,6-10,15-17,25H2,1-5H3. The fourth-order valence-electron chi connectivity index (χ4n) is 4.22. The highest BCUT2D eigenvalue weighted by molar-refractivity contribution is 5.31. The first-order valence-electron chi connectivity index (χ1n) is 10.9. The first-order valence-corrected chi connectivity index (χ1v) is 10.9. The van der Waals surface area contributed by atoms with Crippen LogP contribution in [0.4, 0.5) is 0 Å². The lowest BCUT2D eigenvalue weighted by Crippen LogP contribution is -2.39. The smallest absolute Gasteiger partial charge is 0.196 e. The topological polar surface area (TPSA) is 44.5 Å². The van der Waals surface area contributed by atoms with Crippen molar-refractivity contribution in [3.05, 3.63) is 29.8 Å². The maximum atomic E-state index is 6.44. The molecule has 1 aliphatic rings. The summed E-state index contributed by atoms with van der Waals surface area (Å²) in [5.41, 5.74) is 7.50. The summed E-state index contributed by atoms with van der Waals surface area (Å²) < 4.78 is 11.8. The van der Waals surface area contributed by atoms with E-state index in [1.807, 2.05) is 6.92 Å². The SMILES string of the molecule is CC(C)CC(c1ccc(OC(C)OCCC2CCCCC2)cc1)C(C)(C)N. The van der Waals surface area contributed by atoms with Crippen LogP contribution in [0.1, 0.15) is 91.0 Å². The summed E-state index contributed by atoms with van der Waals surface area (Å²) in [5.74, 6) is 2.67. The molecule has 1 aliphatic carbocycles. The van der Waals surface area contributed by atoms with Gasteiger partial charge in [0.25, 0.3) is 0 Å². The van der Waals surface area contributed by atoms with Crippen LogP contribution in [-0.4, -0.2) is 18.4 Å². The molecule has 0 radical (unpaired) electrons. The number of nitrogens with two attached hydrogens (primary N) is 1. The summed E-state index contributed by atoms with van der Waals surface area (Å²) >= 11 is 0. The van der Waals surface area contributed by atoms with Crippen molar-refractivity contribution < 1.29 is 9.47 Å². The Hall–Kier alpha value is -1.06. The van der Waals surface area contributed by atoms with Crippen LogP contribution in [0, 0.1) is 11.8 Å². The number of hydrogen-bond donors (Lipinski definition) is 1. The van der Waals surface area contributed by atoms with Gasteiger partial charge in [-0.2, -0.15) is 0 Å². The van der Waals surface area contributed by atoms with Crippen LogP contribution in [0.5, 0.6) is 5.75 Å². The highest BCUT2D eigenvalue weighted by Crippen LogP contribution is 2.33. The molecule has 0 aliphatic heterocycles. The van der Waals surface area contributed by atoms with Crippen molar-refractivity contribution in [2.45, 2.75) is 97.3 Å². The fourth-order valence-corrected chi connectivity index (χ4v) is 4.22. The van der Waals surface area contributed by atoms with E-state index in [0.717, 1.165) is 31.1 Å². The van der Waals surface area contributed by atoms with Crippen molar-refractivity contribution in [2.24, 2.45) is 17.6 Å². The second kappa shape index (κ2) is 10.5. The molecular formula is C24H41NO2. The first kappa shape index (κ1) is 22.2. The molecule has 1 aromatic rings. The second-order valence-electron chi connectivity index (χ2n) is 9.42. The second-order valence-corrected chi connectivity index (χ2v) is 9.42. The van der Waals surface area contributed by atoms with E-state index in [9.17, 15) is 0 Å². The van der Waals surface area contributed by atoms with Gasteiger partial charge in [0.1, 0.15) is 5.75 Å². The van der Waals surface area contributed by atoms with Gasteiger partial charge in [-0.15, -0.1) is 0 Å². The van der Waals surface area contributed by atoms with Crippen molar-refractivity contribution in [1.29, 1.82) is 0 Å². The van der Waals surface area contributed by atoms with E-state index in [1.165, 1.54) is 37.7 Å². The van der Waals surface area contributed by atoms with Crippen molar-refractivity contribution in [3.8, 4) is 5.75 Å². The van der Waals surface area contributed by atoms with Gasteiger partial charge >= 0.3 is 0 Å². The molecule has 2 unspecified atom stereocenters. The first-order chi connectivity index (χ1) is 12.8. The van der Waals surface area contributed by atoms with Gasteiger partial charge in [0.15, 0.2) is 6.29 Å². The van der Waals surface area contributed by atoms with E-state index in [4.69, 9.17) is 15.2 Å². The third-order valence-electron chi connectivity index (χ3n) is 5.79. The summed E-state index contributed by atoms with van der Waals surface area (Å²) in [6.07, 6.45) is 8.97. The third-order valence-corrected chi connectivity index (χ3v) is 5.79. The van der Waals surface area contributed by atoms with Crippen LogP contribution in [0.25, 0.3) is 0 Å². The summed E-state index contributed by atoms with van der Waals surface area (Å²) in [4.78, 5) is 0. The lowest BCUT2D eigenvalue weighted by molar-refractivity contribution is -0.0711. The minimum atomic E-state index is -0.234. The number of ether oxygens (including phenoxy) is 2. The van der Waals surface area contributed by atoms with Crippen molar-refractivity contribution >= 4 is 0 Å². The van der Waals surface area contributed by atoms with Crippen molar-refractivity contribution in [2.75, 3.05) is 6.61 Å².